The predicted molar refractivity (Wildman–Crippen MR) is 63.6 cm³/mol. The molecule has 1 aromatic rings. The molecule has 0 aliphatic carbocycles. The third-order valence-electron chi connectivity index (χ3n) is 2.74. The maximum atomic E-state index is 13.7. The number of nitrogens with zero attached hydrogens (tertiary/aromatic N) is 1. The molecular weight excluding hydrogens is 244 g/mol. The number of hydrogen-bond donors (Lipinski definition) is 0. The summed E-state index contributed by atoms with van der Waals surface area (Å²) >= 11 is 1.51. The zero-order valence-electron chi connectivity index (χ0n) is 9.45. The van der Waals surface area contributed by atoms with Gasteiger partial charge in [0.15, 0.2) is 0 Å². The fraction of sp³-hybridized carbons (Fsp3) is 0.417. The number of carbonyl (C=O) groups is 1. The molecule has 0 unspecified atom stereocenters. The first-order chi connectivity index (χ1) is 8.13. The quantitative estimate of drug-likeness (QED) is 0.812. The molecule has 0 aromatic heterocycles. The van der Waals surface area contributed by atoms with Crippen molar-refractivity contribution >= 4 is 17.7 Å². The zero-order valence-corrected chi connectivity index (χ0v) is 10.3. The lowest BCUT2D eigenvalue weighted by atomic mass is 10.2. The summed E-state index contributed by atoms with van der Waals surface area (Å²) in [5, 5.41) is -0.317. The van der Waals surface area contributed by atoms with E-state index in [9.17, 15) is 13.6 Å². The van der Waals surface area contributed by atoms with Crippen molar-refractivity contribution in [3.63, 3.8) is 0 Å². The van der Waals surface area contributed by atoms with Gasteiger partial charge in [0.05, 0.1) is 0 Å². The number of halogens is 2. The molecule has 2 rings (SSSR count). The molecule has 1 saturated heterocycles. The summed E-state index contributed by atoms with van der Waals surface area (Å²) < 4.78 is 26.5. The first-order valence-corrected chi connectivity index (χ1v) is 6.54. The minimum atomic E-state index is -0.595. The number of carbonyl (C=O) groups excluding carboxylic acids is 1. The Morgan fingerprint density at radius 3 is 2.94 bits per heavy atom. The van der Waals surface area contributed by atoms with Gasteiger partial charge in [-0.1, -0.05) is 13.0 Å². The molecule has 1 aromatic carbocycles. The Balaban J connectivity index is 2.29. The highest BCUT2D eigenvalue weighted by molar-refractivity contribution is 7.99. The Morgan fingerprint density at radius 2 is 2.29 bits per heavy atom. The molecule has 2 nitrogen and oxygen atoms in total. The number of hydrogen-bond acceptors (Lipinski definition) is 2. The number of thioether (sulfide) groups is 1. The minimum Gasteiger partial charge on any atom is -0.326 e. The third-order valence-corrected chi connectivity index (χ3v) is 3.98. The van der Waals surface area contributed by atoms with E-state index in [-0.39, 0.29) is 11.3 Å². The summed E-state index contributed by atoms with van der Waals surface area (Å²) in [4.78, 5) is 13.3. The molecule has 1 amide bonds. The fourth-order valence-corrected chi connectivity index (χ4v) is 3.19. The van der Waals surface area contributed by atoms with Crippen LogP contribution in [0.4, 0.5) is 8.78 Å². The highest BCUT2D eigenvalue weighted by Crippen LogP contribution is 2.39. The van der Waals surface area contributed by atoms with Crippen molar-refractivity contribution in [1.29, 1.82) is 0 Å². The Bertz CT molecular complexity index is 439. The topological polar surface area (TPSA) is 20.3 Å². The largest absolute Gasteiger partial charge is 0.326 e. The van der Waals surface area contributed by atoms with Crippen LogP contribution in [0.3, 0.4) is 0 Å². The summed E-state index contributed by atoms with van der Waals surface area (Å²) in [6.45, 7) is 2.40. The molecule has 1 aliphatic heterocycles. The van der Waals surface area contributed by atoms with E-state index in [1.165, 1.54) is 23.9 Å². The smallest absolute Gasteiger partial charge is 0.223 e. The minimum absolute atomic E-state index is 0.00345. The Hall–Kier alpha value is -1.10. The summed E-state index contributed by atoms with van der Waals surface area (Å²) in [5.41, 5.74) is 0.385. The summed E-state index contributed by atoms with van der Waals surface area (Å²) in [5.74, 6) is -0.391. The van der Waals surface area contributed by atoms with E-state index in [2.05, 4.69) is 0 Å². The van der Waals surface area contributed by atoms with Gasteiger partial charge in [-0.2, -0.15) is 0 Å². The second-order valence-corrected chi connectivity index (χ2v) is 5.02. The maximum absolute atomic E-state index is 13.7. The van der Waals surface area contributed by atoms with Crippen LogP contribution in [0.2, 0.25) is 0 Å². The van der Waals surface area contributed by atoms with Crippen LogP contribution in [0.1, 0.15) is 24.3 Å². The van der Waals surface area contributed by atoms with Gasteiger partial charge in [0, 0.05) is 30.3 Å². The normalized spacial score (nSPS) is 19.7. The zero-order chi connectivity index (χ0) is 12.4. The number of amides is 1. The van der Waals surface area contributed by atoms with Gasteiger partial charge >= 0.3 is 0 Å². The SMILES string of the molecule is CCC(=O)N1CCS[C@@H]1c1ccc(F)cc1F. The van der Waals surface area contributed by atoms with Crippen LogP contribution in [0, 0.1) is 11.6 Å². The highest BCUT2D eigenvalue weighted by Gasteiger charge is 2.31. The standard InChI is InChI=1S/C12H13F2NOS/c1-2-11(16)15-5-6-17-12(15)9-4-3-8(13)7-10(9)14/h3-4,7,12H,2,5-6H2,1H3/t12-/m1/s1. The van der Waals surface area contributed by atoms with E-state index in [0.29, 0.717) is 18.5 Å². The Morgan fingerprint density at radius 1 is 1.53 bits per heavy atom. The summed E-state index contributed by atoms with van der Waals surface area (Å²) in [7, 11) is 0. The lowest BCUT2D eigenvalue weighted by Gasteiger charge is -2.24. The van der Waals surface area contributed by atoms with Crippen LogP contribution in [0.15, 0.2) is 18.2 Å². The van der Waals surface area contributed by atoms with E-state index >= 15 is 0 Å². The van der Waals surface area contributed by atoms with Crippen molar-refractivity contribution in [3.05, 3.63) is 35.4 Å². The molecule has 0 radical (unpaired) electrons. The molecule has 0 N–H and O–H groups in total. The molecule has 0 saturated carbocycles. The number of rotatable bonds is 2. The lowest BCUT2D eigenvalue weighted by molar-refractivity contribution is -0.131. The van der Waals surface area contributed by atoms with Gasteiger partial charge in [-0.05, 0) is 6.07 Å². The molecule has 92 valence electrons. The van der Waals surface area contributed by atoms with Gasteiger partial charge < -0.3 is 4.90 Å². The van der Waals surface area contributed by atoms with Crippen molar-refractivity contribution in [3.8, 4) is 0 Å². The van der Waals surface area contributed by atoms with Crippen molar-refractivity contribution in [2.75, 3.05) is 12.3 Å². The Labute approximate surface area is 103 Å². The average Bonchev–Trinajstić information content (AvgIpc) is 2.77. The molecular formula is C12H13F2NOS. The van der Waals surface area contributed by atoms with Crippen LogP contribution in [-0.2, 0) is 4.79 Å². The van der Waals surface area contributed by atoms with Crippen LogP contribution in [0.5, 0.6) is 0 Å². The molecule has 0 bridgehead atoms. The number of benzene rings is 1. The van der Waals surface area contributed by atoms with Crippen LogP contribution in [-0.4, -0.2) is 23.1 Å². The summed E-state index contributed by atoms with van der Waals surface area (Å²) in [6.07, 6.45) is 0.403. The van der Waals surface area contributed by atoms with Crippen LogP contribution in [0.25, 0.3) is 0 Å². The molecule has 17 heavy (non-hydrogen) atoms. The average molecular weight is 257 g/mol. The second kappa shape index (κ2) is 5.04. The predicted octanol–water partition coefficient (Wildman–Crippen LogP) is 2.95. The monoisotopic (exact) mass is 257 g/mol. The van der Waals surface area contributed by atoms with Crippen molar-refractivity contribution < 1.29 is 13.6 Å². The maximum Gasteiger partial charge on any atom is 0.223 e. The molecule has 1 aliphatic rings. The van der Waals surface area contributed by atoms with Gasteiger partial charge in [-0.15, -0.1) is 11.8 Å². The van der Waals surface area contributed by atoms with E-state index in [1.54, 1.807) is 11.8 Å². The summed E-state index contributed by atoms with van der Waals surface area (Å²) in [6, 6.07) is 3.51. The van der Waals surface area contributed by atoms with Gasteiger partial charge in [0.1, 0.15) is 17.0 Å². The van der Waals surface area contributed by atoms with E-state index in [0.717, 1.165) is 11.8 Å². The van der Waals surface area contributed by atoms with Crippen molar-refractivity contribution in [2.45, 2.75) is 18.7 Å². The van der Waals surface area contributed by atoms with Crippen LogP contribution >= 0.6 is 11.8 Å². The third kappa shape index (κ3) is 2.44. The molecule has 0 spiro atoms. The van der Waals surface area contributed by atoms with E-state index < -0.39 is 11.6 Å². The lowest BCUT2D eigenvalue weighted by Crippen LogP contribution is -2.30. The van der Waals surface area contributed by atoms with E-state index in [1.807, 2.05) is 0 Å². The first kappa shape index (κ1) is 12.4. The van der Waals surface area contributed by atoms with Crippen molar-refractivity contribution in [1.82, 2.24) is 4.90 Å². The highest BCUT2D eigenvalue weighted by atomic mass is 32.2. The van der Waals surface area contributed by atoms with E-state index in [4.69, 9.17) is 0 Å². The molecule has 5 heteroatoms. The van der Waals surface area contributed by atoms with Gasteiger partial charge in [-0.3, -0.25) is 4.79 Å². The fourth-order valence-electron chi connectivity index (χ4n) is 1.89. The molecule has 1 fully saturated rings. The Kier molecular flexibility index (Phi) is 3.66. The van der Waals surface area contributed by atoms with Gasteiger partial charge in [0.25, 0.3) is 0 Å². The second-order valence-electron chi connectivity index (χ2n) is 3.83. The van der Waals surface area contributed by atoms with Crippen molar-refractivity contribution in [2.24, 2.45) is 0 Å². The first-order valence-electron chi connectivity index (χ1n) is 5.49. The van der Waals surface area contributed by atoms with Crippen LogP contribution < -0.4 is 0 Å². The van der Waals surface area contributed by atoms with Gasteiger partial charge in [-0.25, -0.2) is 8.78 Å². The molecule has 1 atom stereocenters. The molecule has 1 heterocycles. The van der Waals surface area contributed by atoms with Gasteiger partial charge in [0.2, 0.25) is 5.91 Å².